The first-order valence-electron chi connectivity index (χ1n) is 9.26. The van der Waals surface area contributed by atoms with Gasteiger partial charge in [-0.1, -0.05) is 0 Å². The van der Waals surface area contributed by atoms with Crippen molar-refractivity contribution < 1.29 is 22.6 Å². The number of nitrogens with one attached hydrogen (secondary N) is 3. The number of benzene rings is 1. The van der Waals surface area contributed by atoms with Gasteiger partial charge in [0.15, 0.2) is 11.5 Å². The van der Waals surface area contributed by atoms with Gasteiger partial charge in [0.2, 0.25) is 5.95 Å². The number of rotatable bonds is 5. The van der Waals surface area contributed by atoms with Gasteiger partial charge in [-0.05, 0) is 30.9 Å². The van der Waals surface area contributed by atoms with Crippen LogP contribution in [-0.4, -0.2) is 34.7 Å². The fourth-order valence-corrected chi connectivity index (χ4v) is 3.22. The predicted molar refractivity (Wildman–Crippen MR) is 99.7 cm³/mol. The quantitative estimate of drug-likeness (QED) is 0.594. The minimum absolute atomic E-state index is 0.0632. The second-order valence-corrected chi connectivity index (χ2v) is 7.02. The Morgan fingerprint density at radius 1 is 1.21 bits per heavy atom. The Morgan fingerprint density at radius 2 is 2.03 bits per heavy atom. The number of aromatic nitrogens is 3. The average molecular weight is 404 g/mol. The normalized spacial score (nSPS) is 16.1. The molecule has 3 heterocycles. The maximum absolute atomic E-state index is 13.4. The highest BCUT2D eigenvalue weighted by atomic mass is 19.4. The molecule has 0 atom stereocenters. The largest absolute Gasteiger partial charge is 0.485 e. The molecule has 3 N–H and O–H groups in total. The second kappa shape index (κ2) is 6.71. The Bertz CT molecular complexity index is 1060. The van der Waals surface area contributed by atoms with Crippen molar-refractivity contribution in [3.8, 4) is 11.5 Å². The van der Waals surface area contributed by atoms with Gasteiger partial charge in [-0.25, -0.2) is 0 Å². The number of alkyl halides is 3. The summed E-state index contributed by atoms with van der Waals surface area (Å²) in [6.07, 6.45) is -1.46. The minimum atomic E-state index is -4.51. The third-order valence-electron chi connectivity index (χ3n) is 4.83. The molecule has 1 aromatic carbocycles. The van der Waals surface area contributed by atoms with Crippen LogP contribution < -0.4 is 20.1 Å². The van der Waals surface area contributed by atoms with E-state index in [1.54, 1.807) is 12.1 Å². The topological polar surface area (TPSA) is 84.1 Å². The van der Waals surface area contributed by atoms with Crippen molar-refractivity contribution in [2.45, 2.75) is 19.0 Å². The summed E-state index contributed by atoms with van der Waals surface area (Å²) in [5, 5.41) is 6.03. The molecule has 0 amide bonds. The molecule has 0 saturated heterocycles. The Kier molecular flexibility index (Phi) is 4.14. The highest BCUT2D eigenvalue weighted by Crippen LogP contribution is 2.40. The fourth-order valence-electron chi connectivity index (χ4n) is 3.22. The molecule has 2 aromatic heterocycles. The van der Waals surface area contributed by atoms with Crippen LogP contribution in [0, 0.1) is 12.0 Å². The summed E-state index contributed by atoms with van der Waals surface area (Å²) in [6.45, 7) is 1.38. The van der Waals surface area contributed by atoms with Gasteiger partial charge < -0.3 is 25.1 Å². The molecular formula is C19H17F3N5O2. The van der Waals surface area contributed by atoms with Gasteiger partial charge in [0, 0.05) is 18.8 Å². The molecule has 0 bridgehead atoms. The van der Waals surface area contributed by atoms with Crippen molar-refractivity contribution in [1.82, 2.24) is 15.0 Å². The lowest BCUT2D eigenvalue weighted by molar-refractivity contribution is -0.136. The lowest BCUT2D eigenvalue weighted by atomic mass is 10.2. The van der Waals surface area contributed by atoms with Crippen LogP contribution in [0.1, 0.15) is 18.4 Å². The molecule has 1 aliphatic carbocycles. The Labute approximate surface area is 163 Å². The van der Waals surface area contributed by atoms with Crippen LogP contribution in [0.2, 0.25) is 0 Å². The number of hydrogen-bond acceptors (Lipinski definition) is 6. The first-order chi connectivity index (χ1) is 14.0. The highest BCUT2D eigenvalue weighted by molar-refractivity contribution is 5.92. The van der Waals surface area contributed by atoms with Crippen molar-refractivity contribution in [2.75, 3.05) is 30.4 Å². The average Bonchev–Trinajstić information content (AvgIpc) is 3.42. The maximum atomic E-state index is 13.4. The molecule has 151 valence electrons. The van der Waals surface area contributed by atoms with Crippen LogP contribution >= 0.6 is 0 Å². The zero-order valence-corrected chi connectivity index (χ0v) is 15.2. The zero-order chi connectivity index (χ0) is 20.0. The molecule has 0 spiro atoms. The Balaban J connectivity index is 1.54. The van der Waals surface area contributed by atoms with Crippen LogP contribution in [0.15, 0.2) is 18.3 Å². The second-order valence-electron chi connectivity index (χ2n) is 7.02. The predicted octanol–water partition coefficient (Wildman–Crippen LogP) is 4.11. The van der Waals surface area contributed by atoms with Gasteiger partial charge in [0.1, 0.15) is 24.7 Å². The number of anilines is 3. The molecule has 7 nitrogen and oxygen atoms in total. The summed E-state index contributed by atoms with van der Waals surface area (Å²) in [5.74, 6) is 1.69. The summed E-state index contributed by atoms with van der Waals surface area (Å²) in [4.78, 5) is 11.2. The summed E-state index contributed by atoms with van der Waals surface area (Å²) in [5.41, 5.74) is -0.143. The molecule has 2 aliphatic rings. The summed E-state index contributed by atoms with van der Waals surface area (Å²) in [6, 6.07) is 6.32. The SMILES string of the molecule is FC(F)(F)c1c[nH]c2nc(Nc3cc[c]c4c3OCCO4)nc(NCC3CC3)c12. The number of halogens is 3. The van der Waals surface area contributed by atoms with Gasteiger partial charge in [-0.2, -0.15) is 23.1 Å². The highest BCUT2D eigenvalue weighted by Gasteiger charge is 2.36. The van der Waals surface area contributed by atoms with Gasteiger partial charge in [-0.15, -0.1) is 0 Å². The van der Waals surface area contributed by atoms with E-state index in [0.29, 0.717) is 42.9 Å². The van der Waals surface area contributed by atoms with Crippen LogP contribution in [0.25, 0.3) is 11.0 Å². The van der Waals surface area contributed by atoms with Gasteiger partial charge in [-0.3, -0.25) is 0 Å². The molecule has 0 unspecified atom stereocenters. The van der Waals surface area contributed by atoms with E-state index in [1.165, 1.54) is 0 Å². The van der Waals surface area contributed by atoms with E-state index in [-0.39, 0.29) is 22.8 Å². The number of fused-ring (bicyclic) bond motifs is 2. The van der Waals surface area contributed by atoms with E-state index in [2.05, 4.69) is 31.7 Å². The van der Waals surface area contributed by atoms with Crippen LogP contribution in [0.3, 0.4) is 0 Å². The van der Waals surface area contributed by atoms with Crippen molar-refractivity contribution in [1.29, 1.82) is 0 Å². The molecule has 1 saturated carbocycles. The molecule has 1 fully saturated rings. The maximum Gasteiger partial charge on any atom is 0.418 e. The van der Waals surface area contributed by atoms with Crippen molar-refractivity contribution >= 4 is 28.5 Å². The molecule has 5 rings (SSSR count). The third-order valence-corrected chi connectivity index (χ3v) is 4.83. The number of nitrogens with zero attached hydrogens (tertiary/aromatic N) is 2. The molecule has 10 heteroatoms. The van der Waals surface area contributed by atoms with E-state index >= 15 is 0 Å². The van der Waals surface area contributed by atoms with E-state index in [1.807, 2.05) is 0 Å². The molecular weight excluding hydrogens is 387 g/mol. The standard InChI is InChI=1S/C19H17F3N5O2/c20-19(21,22)11-9-24-17-14(11)16(23-8-10-4-5-10)26-18(27-17)25-12-2-1-3-13-15(12)29-7-6-28-13/h1-2,9-10H,4-8H2,(H3,23,24,25,26,27). The number of H-pyrrole nitrogens is 1. The number of aromatic amines is 1. The third kappa shape index (κ3) is 3.50. The van der Waals surface area contributed by atoms with E-state index in [9.17, 15) is 13.2 Å². The fraction of sp³-hybridized carbons (Fsp3) is 0.368. The van der Waals surface area contributed by atoms with Crippen LogP contribution in [0.5, 0.6) is 11.5 Å². The Hall–Kier alpha value is -3.17. The van der Waals surface area contributed by atoms with Gasteiger partial charge in [0.25, 0.3) is 0 Å². The number of hydrogen-bond donors (Lipinski definition) is 3. The first-order valence-corrected chi connectivity index (χ1v) is 9.26. The van der Waals surface area contributed by atoms with Crippen molar-refractivity contribution in [3.05, 3.63) is 30.0 Å². The summed E-state index contributed by atoms with van der Waals surface area (Å²) in [7, 11) is 0. The van der Waals surface area contributed by atoms with E-state index < -0.39 is 11.7 Å². The monoisotopic (exact) mass is 404 g/mol. The number of ether oxygens (including phenoxy) is 2. The lowest BCUT2D eigenvalue weighted by Crippen LogP contribution is -2.16. The lowest BCUT2D eigenvalue weighted by Gasteiger charge is -2.21. The molecule has 1 radical (unpaired) electrons. The zero-order valence-electron chi connectivity index (χ0n) is 15.2. The molecule has 29 heavy (non-hydrogen) atoms. The van der Waals surface area contributed by atoms with E-state index in [0.717, 1.165) is 19.0 Å². The van der Waals surface area contributed by atoms with Crippen LogP contribution in [0.4, 0.5) is 30.6 Å². The first kappa shape index (κ1) is 17.9. The minimum Gasteiger partial charge on any atom is -0.485 e. The smallest absolute Gasteiger partial charge is 0.418 e. The van der Waals surface area contributed by atoms with Gasteiger partial charge in [0.05, 0.1) is 16.6 Å². The Morgan fingerprint density at radius 3 is 2.83 bits per heavy atom. The summed E-state index contributed by atoms with van der Waals surface area (Å²) < 4.78 is 51.4. The van der Waals surface area contributed by atoms with Crippen LogP contribution in [-0.2, 0) is 6.18 Å². The van der Waals surface area contributed by atoms with Crippen molar-refractivity contribution in [3.63, 3.8) is 0 Å². The van der Waals surface area contributed by atoms with E-state index in [4.69, 9.17) is 9.47 Å². The van der Waals surface area contributed by atoms with Crippen molar-refractivity contribution in [2.24, 2.45) is 5.92 Å². The summed E-state index contributed by atoms with van der Waals surface area (Å²) >= 11 is 0. The molecule has 3 aromatic rings. The molecule has 1 aliphatic heterocycles. The van der Waals surface area contributed by atoms with Gasteiger partial charge >= 0.3 is 6.18 Å².